The third kappa shape index (κ3) is 4.75. The molecule has 1 rings (SSSR count). The van der Waals surface area contributed by atoms with Crippen molar-refractivity contribution in [2.24, 2.45) is 17.2 Å². The number of methoxy groups -OCH3 is 1. The zero-order valence-electron chi connectivity index (χ0n) is 12.7. The molecule has 3 N–H and O–H groups in total. The number of hydrazine groups is 1. The summed E-state index contributed by atoms with van der Waals surface area (Å²) in [6.07, 6.45) is 3.48. The van der Waals surface area contributed by atoms with Gasteiger partial charge < -0.3 is 4.74 Å². The van der Waals surface area contributed by atoms with Gasteiger partial charge in [0.15, 0.2) is 0 Å². The molecule has 5 heteroatoms. The molecule has 0 aromatic carbocycles. The van der Waals surface area contributed by atoms with Crippen LogP contribution in [-0.2, 0) is 9.53 Å². The van der Waals surface area contributed by atoms with Crippen LogP contribution in [0, 0.1) is 11.3 Å². The van der Waals surface area contributed by atoms with Gasteiger partial charge in [-0.1, -0.05) is 20.8 Å². The fourth-order valence-corrected chi connectivity index (χ4v) is 2.90. The molecule has 0 aliphatic carbocycles. The van der Waals surface area contributed by atoms with Gasteiger partial charge in [-0.15, -0.1) is 0 Å². The minimum atomic E-state index is -0.270. The second-order valence-electron chi connectivity index (χ2n) is 6.51. The van der Waals surface area contributed by atoms with Gasteiger partial charge >= 0.3 is 0 Å². The summed E-state index contributed by atoms with van der Waals surface area (Å²) in [5, 5.41) is 0. The first kappa shape index (κ1) is 16.4. The number of carbonyl (C=O) groups is 1. The molecule has 1 aliphatic rings. The van der Waals surface area contributed by atoms with Gasteiger partial charge in [-0.2, -0.15) is 0 Å². The molecule has 0 saturated carbocycles. The second kappa shape index (κ2) is 7.22. The van der Waals surface area contributed by atoms with E-state index in [0.29, 0.717) is 17.9 Å². The Morgan fingerprint density at radius 3 is 2.63 bits per heavy atom. The Hall–Kier alpha value is -0.650. The van der Waals surface area contributed by atoms with Crippen molar-refractivity contribution < 1.29 is 9.53 Å². The highest BCUT2D eigenvalue weighted by Gasteiger charge is 2.31. The maximum Gasteiger partial charge on any atom is 0.253 e. The fourth-order valence-electron chi connectivity index (χ4n) is 2.90. The van der Waals surface area contributed by atoms with E-state index >= 15 is 0 Å². The molecule has 0 aromatic heterocycles. The van der Waals surface area contributed by atoms with Gasteiger partial charge in [0.05, 0.1) is 6.61 Å². The molecular weight excluding hydrogens is 242 g/mol. The van der Waals surface area contributed by atoms with E-state index in [-0.39, 0.29) is 11.9 Å². The lowest BCUT2D eigenvalue weighted by Crippen LogP contribution is -2.51. The predicted octanol–water partition coefficient (Wildman–Crippen LogP) is 1.14. The summed E-state index contributed by atoms with van der Waals surface area (Å²) < 4.78 is 5.16. The summed E-state index contributed by atoms with van der Waals surface area (Å²) in [4.78, 5) is 14.0. The van der Waals surface area contributed by atoms with Crippen LogP contribution in [0.4, 0.5) is 0 Å². The molecule has 19 heavy (non-hydrogen) atoms. The SMILES string of the molecule is COCC(C(=O)NN)N1CCCC(C(C)(C)C)CC1. The highest BCUT2D eigenvalue weighted by atomic mass is 16.5. The van der Waals surface area contributed by atoms with E-state index in [9.17, 15) is 4.79 Å². The predicted molar refractivity (Wildman–Crippen MR) is 76.4 cm³/mol. The maximum atomic E-state index is 11.8. The number of nitrogens with zero attached hydrogens (tertiary/aromatic N) is 1. The van der Waals surface area contributed by atoms with Crippen LogP contribution in [0.15, 0.2) is 0 Å². The number of ether oxygens (including phenoxy) is 1. The molecule has 1 heterocycles. The zero-order chi connectivity index (χ0) is 14.5. The van der Waals surface area contributed by atoms with E-state index < -0.39 is 0 Å². The number of nitrogens with two attached hydrogens (primary N) is 1. The number of carbonyl (C=O) groups excluding carboxylic acids is 1. The van der Waals surface area contributed by atoms with Crippen LogP contribution < -0.4 is 11.3 Å². The maximum absolute atomic E-state index is 11.8. The van der Waals surface area contributed by atoms with Gasteiger partial charge in [-0.3, -0.25) is 15.1 Å². The van der Waals surface area contributed by atoms with E-state index in [2.05, 4.69) is 31.1 Å². The molecule has 0 radical (unpaired) electrons. The summed E-state index contributed by atoms with van der Waals surface area (Å²) >= 11 is 0. The number of hydrogen-bond acceptors (Lipinski definition) is 4. The van der Waals surface area contributed by atoms with Crippen LogP contribution in [0.5, 0.6) is 0 Å². The summed E-state index contributed by atoms with van der Waals surface area (Å²) in [6, 6.07) is -0.270. The van der Waals surface area contributed by atoms with E-state index in [1.807, 2.05) is 0 Å². The fraction of sp³-hybridized carbons (Fsp3) is 0.929. The quantitative estimate of drug-likeness (QED) is 0.457. The van der Waals surface area contributed by atoms with Crippen molar-refractivity contribution in [2.45, 2.75) is 46.1 Å². The summed E-state index contributed by atoms with van der Waals surface area (Å²) in [5.41, 5.74) is 2.58. The monoisotopic (exact) mass is 271 g/mol. The molecule has 0 spiro atoms. The molecule has 1 amide bonds. The minimum absolute atomic E-state index is 0.156. The highest BCUT2D eigenvalue weighted by Crippen LogP contribution is 2.34. The van der Waals surface area contributed by atoms with E-state index in [1.165, 1.54) is 6.42 Å². The smallest absolute Gasteiger partial charge is 0.253 e. The molecule has 1 aliphatic heterocycles. The Bertz CT molecular complexity index is 289. The standard InChI is InChI=1S/C14H29N3O2/c1-14(2,3)11-6-5-8-17(9-7-11)12(10-19-4)13(18)16-15/h11-12H,5-10,15H2,1-4H3,(H,16,18). The first-order chi connectivity index (χ1) is 8.90. The third-order valence-electron chi connectivity index (χ3n) is 4.20. The summed E-state index contributed by atoms with van der Waals surface area (Å²) in [7, 11) is 1.62. The Labute approximate surface area is 116 Å². The molecule has 0 aromatic rings. The zero-order valence-corrected chi connectivity index (χ0v) is 12.7. The largest absolute Gasteiger partial charge is 0.383 e. The molecule has 0 bridgehead atoms. The van der Waals surface area contributed by atoms with Gasteiger partial charge in [0.1, 0.15) is 6.04 Å². The first-order valence-corrected chi connectivity index (χ1v) is 7.13. The van der Waals surface area contributed by atoms with Crippen molar-refractivity contribution in [3.63, 3.8) is 0 Å². The van der Waals surface area contributed by atoms with E-state index in [0.717, 1.165) is 25.9 Å². The van der Waals surface area contributed by atoms with Crippen LogP contribution in [-0.4, -0.2) is 43.7 Å². The summed E-state index contributed by atoms with van der Waals surface area (Å²) in [5.74, 6) is 5.82. The Balaban J connectivity index is 2.66. The molecule has 2 atom stereocenters. The van der Waals surface area contributed by atoms with E-state index in [4.69, 9.17) is 10.6 Å². The lowest BCUT2D eigenvalue weighted by molar-refractivity contribution is -0.128. The van der Waals surface area contributed by atoms with Gasteiger partial charge in [-0.05, 0) is 43.7 Å². The minimum Gasteiger partial charge on any atom is -0.383 e. The van der Waals surface area contributed by atoms with Crippen molar-refractivity contribution in [3.05, 3.63) is 0 Å². The number of hydrogen-bond donors (Lipinski definition) is 2. The Morgan fingerprint density at radius 2 is 2.11 bits per heavy atom. The van der Waals surface area contributed by atoms with Crippen LogP contribution >= 0.6 is 0 Å². The van der Waals surface area contributed by atoms with E-state index in [1.54, 1.807) is 7.11 Å². The summed E-state index contributed by atoms with van der Waals surface area (Å²) in [6.45, 7) is 9.16. The number of rotatable bonds is 4. The van der Waals surface area contributed by atoms with Gasteiger partial charge in [0.2, 0.25) is 0 Å². The van der Waals surface area contributed by atoms with Crippen LogP contribution in [0.25, 0.3) is 0 Å². The number of amides is 1. The Kier molecular flexibility index (Phi) is 6.23. The van der Waals surface area contributed by atoms with Gasteiger partial charge in [-0.25, -0.2) is 5.84 Å². The lowest BCUT2D eigenvalue weighted by atomic mass is 9.77. The topological polar surface area (TPSA) is 67.6 Å². The first-order valence-electron chi connectivity index (χ1n) is 7.13. The molecular formula is C14H29N3O2. The van der Waals surface area contributed by atoms with Crippen molar-refractivity contribution in [1.29, 1.82) is 0 Å². The average Bonchev–Trinajstić information content (AvgIpc) is 2.60. The molecule has 1 saturated heterocycles. The third-order valence-corrected chi connectivity index (χ3v) is 4.20. The van der Waals surface area contributed by atoms with Crippen LogP contribution in [0.2, 0.25) is 0 Å². The lowest BCUT2D eigenvalue weighted by Gasteiger charge is -2.31. The normalized spacial score (nSPS) is 23.7. The molecule has 112 valence electrons. The van der Waals surface area contributed by atoms with Crippen molar-refractivity contribution in [2.75, 3.05) is 26.8 Å². The average molecular weight is 271 g/mol. The number of nitrogens with one attached hydrogen (secondary N) is 1. The van der Waals surface area contributed by atoms with Crippen molar-refractivity contribution >= 4 is 5.91 Å². The molecule has 1 fully saturated rings. The number of likely N-dealkylation sites (tertiary alicyclic amines) is 1. The Morgan fingerprint density at radius 1 is 1.42 bits per heavy atom. The van der Waals surface area contributed by atoms with Crippen LogP contribution in [0.1, 0.15) is 40.0 Å². The molecule has 2 unspecified atom stereocenters. The van der Waals surface area contributed by atoms with Gasteiger partial charge in [0, 0.05) is 7.11 Å². The van der Waals surface area contributed by atoms with Gasteiger partial charge in [0.25, 0.3) is 5.91 Å². The van der Waals surface area contributed by atoms with Crippen LogP contribution in [0.3, 0.4) is 0 Å². The highest BCUT2D eigenvalue weighted by molar-refractivity contribution is 5.81. The van der Waals surface area contributed by atoms with Crippen molar-refractivity contribution in [1.82, 2.24) is 10.3 Å². The molecule has 5 nitrogen and oxygen atoms in total. The van der Waals surface area contributed by atoms with Crippen molar-refractivity contribution in [3.8, 4) is 0 Å². The second-order valence-corrected chi connectivity index (χ2v) is 6.51.